The molecular weight excluding hydrogens is 240 g/mol. The van der Waals surface area contributed by atoms with Crippen LogP contribution in [0.1, 0.15) is 32.1 Å². The van der Waals surface area contributed by atoms with Gasteiger partial charge in [-0.2, -0.15) is 4.31 Å². The second-order valence-electron chi connectivity index (χ2n) is 4.90. The molecule has 2 rings (SSSR count). The Kier molecular flexibility index (Phi) is 4.41. The van der Waals surface area contributed by atoms with Gasteiger partial charge in [0.2, 0.25) is 10.0 Å². The number of ether oxygens (including phenoxy) is 1. The van der Waals surface area contributed by atoms with Gasteiger partial charge < -0.3 is 10.5 Å². The van der Waals surface area contributed by atoms with Crippen LogP contribution in [0.15, 0.2) is 0 Å². The third-order valence-corrected chi connectivity index (χ3v) is 5.30. The van der Waals surface area contributed by atoms with Crippen molar-refractivity contribution in [3.63, 3.8) is 0 Å². The van der Waals surface area contributed by atoms with Crippen LogP contribution in [0, 0.1) is 0 Å². The highest BCUT2D eigenvalue weighted by atomic mass is 32.2. The van der Waals surface area contributed by atoms with Gasteiger partial charge in [-0.1, -0.05) is 0 Å². The lowest BCUT2D eigenvalue weighted by molar-refractivity contribution is 0.126. The van der Waals surface area contributed by atoms with E-state index in [1.165, 1.54) is 0 Å². The van der Waals surface area contributed by atoms with E-state index >= 15 is 0 Å². The number of nitrogens with zero attached hydrogens (tertiary/aromatic N) is 1. The summed E-state index contributed by atoms with van der Waals surface area (Å²) in [6, 6.07) is 0.230. The first kappa shape index (κ1) is 13.3. The van der Waals surface area contributed by atoms with Crippen LogP contribution in [-0.2, 0) is 14.8 Å². The van der Waals surface area contributed by atoms with Gasteiger partial charge in [0.1, 0.15) is 0 Å². The zero-order chi connectivity index (χ0) is 12.3. The highest BCUT2D eigenvalue weighted by Crippen LogP contribution is 2.30. The van der Waals surface area contributed by atoms with E-state index in [0.29, 0.717) is 19.7 Å². The van der Waals surface area contributed by atoms with Gasteiger partial charge in [0.05, 0.1) is 11.9 Å². The van der Waals surface area contributed by atoms with Gasteiger partial charge in [-0.15, -0.1) is 0 Å². The Hall–Kier alpha value is -0.170. The SMILES string of the molecule is NCCCN(C1CC1)S(=O)(=O)CC1CCCO1. The smallest absolute Gasteiger partial charge is 0.216 e. The number of hydrogen-bond donors (Lipinski definition) is 1. The molecule has 0 aromatic heterocycles. The van der Waals surface area contributed by atoms with Crippen LogP contribution in [0.3, 0.4) is 0 Å². The third-order valence-electron chi connectivity index (χ3n) is 3.31. The summed E-state index contributed by atoms with van der Waals surface area (Å²) < 4.78 is 31.6. The molecule has 0 bridgehead atoms. The molecule has 1 saturated carbocycles. The van der Waals surface area contributed by atoms with Crippen molar-refractivity contribution in [2.24, 2.45) is 5.73 Å². The lowest BCUT2D eigenvalue weighted by Gasteiger charge is -2.23. The fraction of sp³-hybridized carbons (Fsp3) is 1.00. The van der Waals surface area contributed by atoms with E-state index in [-0.39, 0.29) is 17.9 Å². The van der Waals surface area contributed by atoms with Crippen molar-refractivity contribution in [2.75, 3.05) is 25.4 Å². The monoisotopic (exact) mass is 262 g/mol. The van der Waals surface area contributed by atoms with E-state index in [9.17, 15) is 8.42 Å². The van der Waals surface area contributed by atoms with Gasteiger partial charge in [0, 0.05) is 19.2 Å². The zero-order valence-electron chi connectivity index (χ0n) is 10.2. The van der Waals surface area contributed by atoms with Crippen LogP contribution >= 0.6 is 0 Å². The lowest BCUT2D eigenvalue weighted by Crippen LogP contribution is -2.39. The summed E-state index contributed by atoms with van der Waals surface area (Å²) >= 11 is 0. The Morgan fingerprint density at radius 3 is 2.59 bits per heavy atom. The summed E-state index contributed by atoms with van der Waals surface area (Å²) in [5.74, 6) is 0.147. The summed E-state index contributed by atoms with van der Waals surface area (Å²) in [4.78, 5) is 0. The minimum absolute atomic E-state index is 0.0980. The van der Waals surface area contributed by atoms with Crippen molar-refractivity contribution >= 4 is 10.0 Å². The minimum Gasteiger partial charge on any atom is -0.377 e. The van der Waals surface area contributed by atoms with E-state index < -0.39 is 10.0 Å². The van der Waals surface area contributed by atoms with Crippen molar-refractivity contribution < 1.29 is 13.2 Å². The van der Waals surface area contributed by atoms with Crippen molar-refractivity contribution in [3.8, 4) is 0 Å². The number of nitrogens with two attached hydrogens (primary N) is 1. The first-order valence-electron chi connectivity index (χ1n) is 6.44. The molecule has 1 unspecified atom stereocenters. The molecule has 100 valence electrons. The minimum atomic E-state index is -3.16. The number of hydrogen-bond acceptors (Lipinski definition) is 4. The average Bonchev–Trinajstić information content (AvgIpc) is 2.97. The normalized spacial score (nSPS) is 25.6. The van der Waals surface area contributed by atoms with Crippen LogP contribution in [-0.4, -0.2) is 50.3 Å². The number of rotatable bonds is 7. The first-order chi connectivity index (χ1) is 8.13. The summed E-state index contributed by atoms with van der Waals surface area (Å²) in [7, 11) is -3.16. The molecule has 2 aliphatic rings. The third kappa shape index (κ3) is 3.64. The molecular formula is C11H22N2O3S. The van der Waals surface area contributed by atoms with Crippen LogP contribution in [0.25, 0.3) is 0 Å². The molecule has 6 heteroatoms. The molecule has 2 N–H and O–H groups in total. The Labute approximate surface area is 103 Å². The molecule has 5 nitrogen and oxygen atoms in total. The second kappa shape index (κ2) is 5.65. The van der Waals surface area contributed by atoms with E-state index in [1.54, 1.807) is 4.31 Å². The van der Waals surface area contributed by atoms with Crippen LogP contribution in [0.2, 0.25) is 0 Å². The zero-order valence-corrected chi connectivity index (χ0v) is 11.0. The summed E-state index contributed by atoms with van der Waals surface area (Å²) in [5.41, 5.74) is 5.46. The topological polar surface area (TPSA) is 72.6 Å². The maximum absolute atomic E-state index is 12.3. The van der Waals surface area contributed by atoms with E-state index in [4.69, 9.17) is 10.5 Å². The highest BCUT2D eigenvalue weighted by Gasteiger charge is 2.38. The Morgan fingerprint density at radius 2 is 2.06 bits per heavy atom. The Balaban J connectivity index is 1.94. The largest absolute Gasteiger partial charge is 0.377 e. The second-order valence-corrected chi connectivity index (χ2v) is 6.86. The highest BCUT2D eigenvalue weighted by molar-refractivity contribution is 7.89. The molecule has 1 atom stereocenters. The maximum Gasteiger partial charge on any atom is 0.216 e. The molecule has 0 radical (unpaired) electrons. The Bertz CT molecular complexity index is 335. The molecule has 0 spiro atoms. The molecule has 1 heterocycles. The molecule has 1 saturated heterocycles. The quantitative estimate of drug-likeness (QED) is 0.716. The van der Waals surface area contributed by atoms with E-state index in [1.807, 2.05) is 0 Å². The van der Waals surface area contributed by atoms with Gasteiger partial charge >= 0.3 is 0 Å². The van der Waals surface area contributed by atoms with Crippen LogP contribution < -0.4 is 5.73 Å². The van der Waals surface area contributed by atoms with Crippen molar-refractivity contribution in [1.82, 2.24) is 4.31 Å². The average molecular weight is 262 g/mol. The summed E-state index contributed by atoms with van der Waals surface area (Å²) in [6.45, 7) is 1.81. The fourth-order valence-electron chi connectivity index (χ4n) is 2.26. The maximum atomic E-state index is 12.3. The van der Waals surface area contributed by atoms with Crippen LogP contribution in [0.5, 0.6) is 0 Å². The van der Waals surface area contributed by atoms with Crippen LogP contribution in [0.4, 0.5) is 0 Å². The summed E-state index contributed by atoms with van der Waals surface area (Å²) in [5, 5.41) is 0. The van der Waals surface area contributed by atoms with Gasteiger partial charge in [-0.3, -0.25) is 0 Å². The first-order valence-corrected chi connectivity index (χ1v) is 8.05. The van der Waals surface area contributed by atoms with Gasteiger partial charge in [-0.25, -0.2) is 8.42 Å². The summed E-state index contributed by atoms with van der Waals surface area (Å²) in [6.07, 6.45) is 4.48. The molecule has 0 aromatic carbocycles. The van der Waals surface area contributed by atoms with Crippen molar-refractivity contribution in [3.05, 3.63) is 0 Å². The van der Waals surface area contributed by atoms with Crippen molar-refractivity contribution in [2.45, 2.75) is 44.2 Å². The van der Waals surface area contributed by atoms with Gasteiger partial charge in [-0.05, 0) is 38.6 Å². The molecule has 1 aliphatic carbocycles. The predicted octanol–water partition coefficient (Wildman–Crippen LogP) is 0.308. The molecule has 0 amide bonds. The van der Waals surface area contributed by atoms with Gasteiger partial charge in [0.15, 0.2) is 0 Å². The van der Waals surface area contributed by atoms with E-state index in [0.717, 1.165) is 32.1 Å². The Morgan fingerprint density at radius 1 is 1.29 bits per heavy atom. The van der Waals surface area contributed by atoms with E-state index in [2.05, 4.69) is 0 Å². The predicted molar refractivity (Wildman–Crippen MR) is 66.2 cm³/mol. The standard InChI is InChI=1S/C11H22N2O3S/c12-6-2-7-13(10-4-5-10)17(14,15)9-11-3-1-8-16-11/h10-11H,1-9,12H2. The van der Waals surface area contributed by atoms with Gasteiger partial charge in [0.25, 0.3) is 0 Å². The fourth-order valence-corrected chi connectivity index (χ4v) is 4.26. The lowest BCUT2D eigenvalue weighted by atomic mass is 10.3. The molecule has 2 fully saturated rings. The molecule has 0 aromatic rings. The molecule has 1 aliphatic heterocycles. The number of sulfonamides is 1. The van der Waals surface area contributed by atoms with Crippen molar-refractivity contribution in [1.29, 1.82) is 0 Å². The molecule has 17 heavy (non-hydrogen) atoms.